The number of thiophene rings is 1. The molecule has 0 radical (unpaired) electrons. The predicted molar refractivity (Wildman–Crippen MR) is 110 cm³/mol. The first-order valence-corrected chi connectivity index (χ1v) is 9.62. The monoisotopic (exact) mass is 359 g/mol. The van der Waals surface area contributed by atoms with E-state index in [2.05, 4.69) is 94.9 Å². The minimum atomic E-state index is 0.205. The fourth-order valence-corrected chi connectivity index (χ4v) is 4.29. The Hall–Kier alpha value is -2.72. The van der Waals surface area contributed by atoms with Gasteiger partial charge in [0.05, 0.1) is 11.4 Å². The predicted octanol–water partition coefficient (Wildman–Crippen LogP) is 5.42. The molecular weight excluding hydrogens is 338 g/mol. The first kappa shape index (κ1) is 16.7. The quantitative estimate of drug-likeness (QED) is 0.476. The highest BCUT2D eigenvalue weighted by atomic mass is 32.1. The van der Waals surface area contributed by atoms with Gasteiger partial charge in [-0.1, -0.05) is 60.7 Å². The van der Waals surface area contributed by atoms with Crippen molar-refractivity contribution in [3.63, 3.8) is 0 Å². The number of likely N-dealkylation sites (N-methyl/N-ethyl adjacent to an activating group) is 1. The van der Waals surface area contributed by atoms with Gasteiger partial charge in [0, 0.05) is 7.05 Å². The standard InChI is InChI=1S/C22H21N3S/c1-16-14-26-22-20(16)21(23-15-24-22)25(2)19(18-11-7-4-8-12-18)13-17-9-5-3-6-10-17/h3-12,14-15,19H,13H2,1-2H3. The number of nitrogens with zero attached hydrogens (tertiary/aromatic N) is 3. The van der Waals surface area contributed by atoms with Crippen molar-refractivity contribution >= 4 is 27.4 Å². The molecule has 3 nitrogen and oxygen atoms in total. The van der Waals surface area contributed by atoms with E-state index in [0.717, 1.165) is 22.5 Å². The highest BCUT2D eigenvalue weighted by Gasteiger charge is 2.22. The van der Waals surface area contributed by atoms with Crippen LogP contribution in [0, 0.1) is 6.92 Å². The lowest BCUT2D eigenvalue weighted by atomic mass is 9.97. The Balaban J connectivity index is 1.79. The van der Waals surface area contributed by atoms with Gasteiger partial charge in [-0.2, -0.15) is 0 Å². The molecule has 26 heavy (non-hydrogen) atoms. The van der Waals surface area contributed by atoms with Crippen molar-refractivity contribution in [3.8, 4) is 0 Å². The van der Waals surface area contributed by atoms with Crippen LogP contribution in [0.5, 0.6) is 0 Å². The van der Waals surface area contributed by atoms with E-state index in [1.165, 1.54) is 16.7 Å². The van der Waals surface area contributed by atoms with E-state index >= 15 is 0 Å². The smallest absolute Gasteiger partial charge is 0.141 e. The number of aromatic nitrogens is 2. The largest absolute Gasteiger partial charge is 0.352 e. The van der Waals surface area contributed by atoms with Crippen LogP contribution in [0.25, 0.3) is 10.2 Å². The Bertz CT molecular complexity index is 996. The molecule has 0 spiro atoms. The van der Waals surface area contributed by atoms with E-state index in [0.29, 0.717) is 0 Å². The summed E-state index contributed by atoms with van der Waals surface area (Å²) in [5.41, 5.74) is 3.85. The molecule has 1 unspecified atom stereocenters. The van der Waals surface area contributed by atoms with Crippen LogP contribution in [-0.2, 0) is 6.42 Å². The molecule has 0 aliphatic rings. The summed E-state index contributed by atoms with van der Waals surface area (Å²) in [4.78, 5) is 12.4. The summed E-state index contributed by atoms with van der Waals surface area (Å²) in [6, 6.07) is 21.5. The van der Waals surface area contributed by atoms with Crippen LogP contribution in [0.2, 0.25) is 0 Å². The van der Waals surface area contributed by atoms with Crippen LogP contribution in [0.3, 0.4) is 0 Å². The van der Waals surface area contributed by atoms with Crippen LogP contribution >= 0.6 is 11.3 Å². The van der Waals surface area contributed by atoms with Crippen molar-refractivity contribution in [1.29, 1.82) is 0 Å². The van der Waals surface area contributed by atoms with Gasteiger partial charge < -0.3 is 4.90 Å². The zero-order chi connectivity index (χ0) is 17.9. The minimum Gasteiger partial charge on any atom is -0.352 e. The molecule has 0 amide bonds. The Kier molecular flexibility index (Phi) is 4.67. The average molecular weight is 359 g/mol. The summed E-state index contributed by atoms with van der Waals surface area (Å²) in [7, 11) is 2.14. The third-order valence-electron chi connectivity index (χ3n) is 4.79. The summed E-state index contributed by atoms with van der Waals surface area (Å²) in [6.07, 6.45) is 2.60. The molecule has 2 aromatic carbocycles. The summed E-state index contributed by atoms with van der Waals surface area (Å²) >= 11 is 1.68. The Morgan fingerprint density at radius 3 is 2.38 bits per heavy atom. The fourth-order valence-electron chi connectivity index (χ4n) is 3.40. The Morgan fingerprint density at radius 1 is 0.962 bits per heavy atom. The SMILES string of the molecule is Cc1csc2ncnc(N(C)C(Cc3ccccc3)c3ccccc3)c12. The fraction of sp³-hybridized carbons (Fsp3) is 0.182. The third-order valence-corrected chi connectivity index (χ3v) is 5.80. The highest BCUT2D eigenvalue weighted by molar-refractivity contribution is 7.17. The maximum atomic E-state index is 4.65. The van der Waals surface area contributed by atoms with Gasteiger partial charge in [-0.05, 0) is 35.4 Å². The molecule has 0 saturated heterocycles. The van der Waals surface area contributed by atoms with E-state index in [1.807, 2.05) is 0 Å². The summed E-state index contributed by atoms with van der Waals surface area (Å²) in [5, 5.41) is 3.32. The molecule has 0 aliphatic carbocycles. The van der Waals surface area contributed by atoms with Gasteiger partial charge >= 0.3 is 0 Å². The average Bonchev–Trinajstić information content (AvgIpc) is 3.08. The Morgan fingerprint density at radius 2 is 1.65 bits per heavy atom. The number of hydrogen-bond donors (Lipinski definition) is 0. The van der Waals surface area contributed by atoms with Gasteiger partial charge in [0.25, 0.3) is 0 Å². The molecule has 1 atom stereocenters. The molecule has 2 heterocycles. The molecule has 2 aromatic heterocycles. The molecule has 0 bridgehead atoms. The zero-order valence-electron chi connectivity index (χ0n) is 15.0. The minimum absolute atomic E-state index is 0.205. The first-order chi connectivity index (χ1) is 12.7. The van der Waals surface area contributed by atoms with E-state index < -0.39 is 0 Å². The molecule has 0 N–H and O–H groups in total. The third kappa shape index (κ3) is 3.20. The lowest BCUT2D eigenvalue weighted by Gasteiger charge is -2.30. The second kappa shape index (κ2) is 7.26. The van der Waals surface area contributed by atoms with Crippen LogP contribution < -0.4 is 4.90 Å². The van der Waals surface area contributed by atoms with Gasteiger partial charge in [0.2, 0.25) is 0 Å². The van der Waals surface area contributed by atoms with Crippen molar-refractivity contribution in [2.45, 2.75) is 19.4 Å². The van der Waals surface area contributed by atoms with E-state index in [4.69, 9.17) is 0 Å². The van der Waals surface area contributed by atoms with Crippen LogP contribution in [0.1, 0.15) is 22.7 Å². The van der Waals surface area contributed by atoms with Crippen molar-refractivity contribution in [3.05, 3.63) is 89.1 Å². The van der Waals surface area contributed by atoms with E-state index in [9.17, 15) is 0 Å². The molecule has 0 fully saturated rings. The molecule has 0 saturated carbocycles. The lowest BCUT2D eigenvalue weighted by molar-refractivity contribution is 0.661. The van der Waals surface area contributed by atoms with Crippen molar-refractivity contribution in [2.75, 3.05) is 11.9 Å². The van der Waals surface area contributed by atoms with Crippen molar-refractivity contribution in [2.24, 2.45) is 0 Å². The number of hydrogen-bond acceptors (Lipinski definition) is 4. The Labute approximate surface area is 158 Å². The molecule has 130 valence electrons. The molecule has 4 rings (SSSR count). The number of fused-ring (bicyclic) bond motifs is 1. The van der Waals surface area contributed by atoms with Crippen molar-refractivity contribution < 1.29 is 0 Å². The number of aryl methyl sites for hydroxylation is 1. The van der Waals surface area contributed by atoms with Crippen LogP contribution in [0.15, 0.2) is 72.4 Å². The van der Waals surface area contributed by atoms with Crippen LogP contribution in [0.4, 0.5) is 5.82 Å². The maximum Gasteiger partial charge on any atom is 0.141 e. The number of benzene rings is 2. The van der Waals surface area contributed by atoms with E-state index in [1.54, 1.807) is 17.7 Å². The first-order valence-electron chi connectivity index (χ1n) is 8.74. The summed E-state index contributed by atoms with van der Waals surface area (Å²) in [6.45, 7) is 2.13. The van der Waals surface area contributed by atoms with E-state index in [-0.39, 0.29) is 6.04 Å². The van der Waals surface area contributed by atoms with Gasteiger partial charge in [0.1, 0.15) is 17.0 Å². The lowest BCUT2D eigenvalue weighted by Crippen LogP contribution is -2.27. The van der Waals surface area contributed by atoms with Crippen molar-refractivity contribution in [1.82, 2.24) is 9.97 Å². The summed E-state index contributed by atoms with van der Waals surface area (Å²) < 4.78 is 0. The summed E-state index contributed by atoms with van der Waals surface area (Å²) in [5.74, 6) is 0.999. The van der Waals surface area contributed by atoms with Gasteiger partial charge in [-0.15, -0.1) is 11.3 Å². The molecule has 0 aliphatic heterocycles. The number of anilines is 1. The number of rotatable bonds is 5. The second-order valence-electron chi connectivity index (χ2n) is 6.52. The second-order valence-corrected chi connectivity index (χ2v) is 7.38. The zero-order valence-corrected chi connectivity index (χ0v) is 15.8. The van der Waals surface area contributed by atoms with Gasteiger partial charge in [0.15, 0.2) is 0 Å². The highest BCUT2D eigenvalue weighted by Crippen LogP contribution is 2.35. The van der Waals surface area contributed by atoms with Gasteiger partial charge in [-0.25, -0.2) is 9.97 Å². The topological polar surface area (TPSA) is 29.0 Å². The normalized spacial score (nSPS) is 12.2. The maximum absolute atomic E-state index is 4.65. The molecular formula is C22H21N3S. The molecule has 4 aromatic rings. The van der Waals surface area contributed by atoms with Crippen LogP contribution in [-0.4, -0.2) is 17.0 Å². The van der Waals surface area contributed by atoms with Gasteiger partial charge in [-0.3, -0.25) is 0 Å². The molecule has 4 heteroatoms.